The van der Waals surface area contributed by atoms with Gasteiger partial charge in [0.25, 0.3) is 0 Å². The predicted octanol–water partition coefficient (Wildman–Crippen LogP) is 0.0532. The third-order valence-corrected chi connectivity index (χ3v) is 4.05. The third kappa shape index (κ3) is 5.46. The van der Waals surface area contributed by atoms with Crippen LogP contribution in [0.5, 0.6) is 0 Å². The monoisotopic (exact) mass is 250 g/mol. The van der Waals surface area contributed by atoms with Gasteiger partial charge >= 0.3 is 0 Å². The van der Waals surface area contributed by atoms with Gasteiger partial charge in [-0.1, -0.05) is 19.8 Å². The average Bonchev–Trinajstić information content (AvgIpc) is 2.21. The first kappa shape index (κ1) is 15.4. The molecule has 0 aliphatic rings. The molecule has 0 fully saturated rings. The third-order valence-electron chi connectivity index (χ3n) is 2.55. The molecule has 2 unspecified atom stereocenters. The number of carbonyl (C=O) groups excluding carboxylic acids is 1. The zero-order chi connectivity index (χ0) is 12.8. The van der Waals surface area contributed by atoms with E-state index < -0.39 is 21.0 Å². The Kier molecular flexibility index (Phi) is 6.59. The first-order valence-electron chi connectivity index (χ1n) is 5.52. The molecule has 0 saturated heterocycles. The van der Waals surface area contributed by atoms with Crippen LogP contribution in [0.4, 0.5) is 0 Å². The van der Waals surface area contributed by atoms with E-state index in [0.717, 1.165) is 25.5 Å². The van der Waals surface area contributed by atoms with Crippen LogP contribution in [-0.2, 0) is 14.6 Å². The lowest BCUT2D eigenvalue weighted by Gasteiger charge is -2.18. The van der Waals surface area contributed by atoms with Gasteiger partial charge in [0.15, 0.2) is 9.84 Å². The quantitative estimate of drug-likeness (QED) is 0.668. The molecule has 96 valence electrons. The Morgan fingerprint density at radius 1 is 1.44 bits per heavy atom. The van der Waals surface area contributed by atoms with Crippen molar-refractivity contribution in [1.29, 1.82) is 0 Å². The van der Waals surface area contributed by atoms with Crippen LogP contribution >= 0.6 is 0 Å². The minimum absolute atomic E-state index is 0.128. The van der Waals surface area contributed by atoms with Crippen molar-refractivity contribution in [2.75, 3.05) is 12.8 Å². The zero-order valence-corrected chi connectivity index (χ0v) is 11.0. The van der Waals surface area contributed by atoms with Gasteiger partial charge in [-0.2, -0.15) is 0 Å². The van der Waals surface area contributed by atoms with Gasteiger partial charge in [0, 0.05) is 18.8 Å². The molecule has 0 bridgehead atoms. The maximum atomic E-state index is 11.6. The van der Waals surface area contributed by atoms with Crippen molar-refractivity contribution in [1.82, 2.24) is 5.32 Å². The Hall–Kier alpha value is -0.620. The molecule has 1 amide bonds. The molecule has 0 rings (SSSR count). The van der Waals surface area contributed by atoms with Crippen LogP contribution in [0.2, 0.25) is 0 Å². The number of rotatable bonds is 7. The molecule has 0 aliphatic carbocycles. The van der Waals surface area contributed by atoms with Crippen molar-refractivity contribution in [3.63, 3.8) is 0 Å². The van der Waals surface area contributed by atoms with Crippen LogP contribution in [0.1, 0.15) is 33.1 Å². The van der Waals surface area contributed by atoms with E-state index >= 15 is 0 Å². The molecular weight excluding hydrogens is 228 g/mol. The fourth-order valence-corrected chi connectivity index (χ4v) is 1.67. The number of unbranched alkanes of at least 4 members (excludes halogenated alkanes) is 1. The number of amides is 1. The van der Waals surface area contributed by atoms with E-state index in [-0.39, 0.29) is 6.04 Å². The van der Waals surface area contributed by atoms with Gasteiger partial charge in [-0.3, -0.25) is 4.79 Å². The van der Waals surface area contributed by atoms with E-state index in [9.17, 15) is 13.2 Å². The average molecular weight is 250 g/mol. The summed E-state index contributed by atoms with van der Waals surface area (Å²) in [6.07, 6.45) is 3.83. The van der Waals surface area contributed by atoms with Gasteiger partial charge in [-0.05, 0) is 13.3 Å². The highest BCUT2D eigenvalue weighted by Gasteiger charge is 2.24. The molecule has 5 nitrogen and oxygen atoms in total. The van der Waals surface area contributed by atoms with E-state index in [1.54, 1.807) is 0 Å². The number of sulfone groups is 1. The largest absolute Gasteiger partial charge is 0.351 e. The van der Waals surface area contributed by atoms with Gasteiger partial charge in [-0.25, -0.2) is 8.42 Å². The fraction of sp³-hybridized carbons (Fsp3) is 0.900. The lowest BCUT2D eigenvalue weighted by molar-refractivity contribution is -0.121. The van der Waals surface area contributed by atoms with Crippen LogP contribution in [0, 0.1) is 0 Å². The summed E-state index contributed by atoms with van der Waals surface area (Å²) in [4.78, 5) is 11.6. The van der Waals surface area contributed by atoms with Gasteiger partial charge < -0.3 is 11.1 Å². The summed E-state index contributed by atoms with van der Waals surface area (Å²) in [5.41, 5.74) is 5.51. The van der Waals surface area contributed by atoms with E-state index in [2.05, 4.69) is 12.2 Å². The Morgan fingerprint density at radius 3 is 2.38 bits per heavy atom. The predicted molar refractivity (Wildman–Crippen MR) is 64.8 cm³/mol. The van der Waals surface area contributed by atoms with E-state index in [4.69, 9.17) is 5.73 Å². The second-order valence-electron chi connectivity index (χ2n) is 4.06. The summed E-state index contributed by atoms with van der Waals surface area (Å²) >= 11 is 0. The molecular formula is C10H22N2O3S. The van der Waals surface area contributed by atoms with E-state index in [1.165, 1.54) is 6.92 Å². The molecule has 2 atom stereocenters. The van der Waals surface area contributed by atoms with Crippen LogP contribution in [0.15, 0.2) is 0 Å². The molecule has 0 saturated carbocycles. The molecule has 0 spiro atoms. The van der Waals surface area contributed by atoms with Gasteiger partial charge in [0.05, 0.1) is 0 Å². The summed E-state index contributed by atoms with van der Waals surface area (Å²) in [6, 6.07) is -0.128. The molecule has 0 heterocycles. The topological polar surface area (TPSA) is 89.3 Å². The minimum atomic E-state index is -3.33. The van der Waals surface area contributed by atoms with Gasteiger partial charge in [0.1, 0.15) is 5.25 Å². The SMILES string of the molecule is CCCCC(CN)NC(=O)C(C)S(C)(=O)=O. The van der Waals surface area contributed by atoms with Crippen molar-refractivity contribution in [2.45, 2.75) is 44.4 Å². The Labute approximate surface area is 97.7 Å². The molecule has 0 aromatic carbocycles. The molecule has 0 aromatic heterocycles. The molecule has 16 heavy (non-hydrogen) atoms. The van der Waals surface area contributed by atoms with Crippen molar-refractivity contribution in [3.8, 4) is 0 Å². The number of nitrogens with two attached hydrogens (primary N) is 1. The summed E-state index contributed by atoms with van der Waals surface area (Å²) in [5, 5.41) is 1.65. The van der Waals surface area contributed by atoms with Crippen molar-refractivity contribution in [2.24, 2.45) is 5.73 Å². The number of hydrogen-bond acceptors (Lipinski definition) is 4. The Balaban J connectivity index is 4.30. The summed E-state index contributed by atoms with van der Waals surface area (Å²) in [7, 11) is -3.33. The van der Waals surface area contributed by atoms with Crippen LogP contribution < -0.4 is 11.1 Å². The smallest absolute Gasteiger partial charge is 0.238 e. The Bertz CT molecular complexity index is 314. The Morgan fingerprint density at radius 2 is 2.00 bits per heavy atom. The lowest BCUT2D eigenvalue weighted by atomic mass is 10.1. The maximum Gasteiger partial charge on any atom is 0.238 e. The maximum absolute atomic E-state index is 11.6. The standard InChI is InChI=1S/C10H22N2O3S/c1-4-5-6-9(7-11)12-10(13)8(2)16(3,14)15/h8-9H,4-7,11H2,1-3H3,(H,12,13). The second-order valence-corrected chi connectivity index (χ2v) is 6.42. The second kappa shape index (κ2) is 6.85. The minimum Gasteiger partial charge on any atom is -0.351 e. The number of carbonyl (C=O) groups is 1. The van der Waals surface area contributed by atoms with Crippen LogP contribution in [-0.4, -0.2) is 38.4 Å². The molecule has 6 heteroatoms. The van der Waals surface area contributed by atoms with Gasteiger partial charge in [-0.15, -0.1) is 0 Å². The van der Waals surface area contributed by atoms with Crippen molar-refractivity contribution < 1.29 is 13.2 Å². The van der Waals surface area contributed by atoms with E-state index in [1.807, 2.05) is 0 Å². The highest BCUT2D eigenvalue weighted by molar-refractivity contribution is 7.92. The van der Waals surface area contributed by atoms with E-state index in [0.29, 0.717) is 6.54 Å². The zero-order valence-electron chi connectivity index (χ0n) is 10.2. The van der Waals surface area contributed by atoms with Crippen LogP contribution in [0.25, 0.3) is 0 Å². The molecule has 3 N–H and O–H groups in total. The fourth-order valence-electron chi connectivity index (χ4n) is 1.21. The van der Waals surface area contributed by atoms with Gasteiger partial charge in [0.2, 0.25) is 5.91 Å². The highest BCUT2D eigenvalue weighted by atomic mass is 32.2. The normalized spacial score (nSPS) is 15.5. The summed E-state index contributed by atoms with van der Waals surface area (Å²) < 4.78 is 22.3. The first-order valence-corrected chi connectivity index (χ1v) is 7.47. The highest BCUT2D eigenvalue weighted by Crippen LogP contribution is 2.02. The molecule has 0 radical (unpaired) electrons. The van der Waals surface area contributed by atoms with Crippen molar-refractivity contribution >= 4 is 15.7 Å². The molecule has 0 aromatic rings. The number of nitrogens with one attached hydrogen (secondary N) is 1. The summed E-state index contributed by atoms with van der Waals surface area (Å²) in [5.74, 6) is -0.464. The van der Waals surface area contributed by atoms with Crippen molar-refractivity contribution in [3.05, 3.63) is 0 Å². The summed E-state index contributed by atoms with van der Waals surface area (Å²) in [6.45, 7) is 3.77. The number of hydrogen-bond donors (Lipinski definition) is 2. The first-order chi connectivity index (χ1) is 7.32. The molecule has 0 aliphatic heterocycles. The lowest BCUT2D eigenvalue weighted by Crippen LogP contribution is -2.46. The van der Waals surface area contributed by atoms with Crippen LogP contribution in [0.3, 0.4) is 0 Å².